The van der Waals surface area contributed by atoms with Crippen molar-refractivity contribution < 1.29 is 47.8 Å². The fourth-order valence-corrected chi connectivity index (χ4v) is 8.36. The Balaban J connectivity index is 3.82. The maximum atomic E-state index is 12.4. The molecule has 390 valence electrons. The van der Waals surface area contributed by atoms with Crippen LogP contribution in [-0.4, -0.2) is 65.7 Å². The van der Waals surface area contributed by atoms with E-state index in [1.54, 1.807) is 0 Å². The highest BCUT2D eigenvalue weighted by atomic mass is 31.2. The molecule has 0 aromatic carbocycles. The zero-order valence-corrected chi connectivity index (χ0v) is 43.8. The van der Waals surface area contributed by atoms with Crippen LogP contribution in [0.2, 0.25) is 0 Å². The fraction of sp³-hybridized carbons (Fsp3) is 0.786. The van der Waals surface area contributed by atoms with Crippen molar-refractivity contribution in [3.8, 4) is 0 Å². The Morgan fingerprint density at radius 3 is 1.03 bits per heavy atom. The number of aliphatic hydroxyl groups is 2. The van der Waals surface area contributed by atoms with Crippen LogP contribution in [0.1, 0.15) is 245 Å². The van der Waals surface area contributed by atoms with Gasteiger partial charge in [0.15, 0.2) is 0 Å². The van der Waals surface area contributed by atoms with Gasteiger partial charge >= 0.3 is 19.8 Å². The van der Waals surface area contributed by atoms with E-state index in [0.29, 0.717) is 12.8 Å². The van der Waals surface area contributed by atoms with Gasteiger partial charge in [-0.3, -0.25) is 18.6 Å². The van der Waals surface area contributed by atoms with Gasteiger partial charge in [0.25, 0.3) is 0 Å². The molecule has 0 aliphatic rings. The first-order valence-corrected chi connectivity index (χ1v) is 28.7. The molecule has 0 fully saturated rings. The number of ether oxygens (including phenoxy) is 2. The van der Waals surface area contributed by atoms with Gasteiger partial charge in [-0.05, 0) is 77.0 Å². The van der Waals surface area contributed by atoms with Crippen molar-refractivity contribution in [2.24, 2.45) is 0 Å². The van der Waals surface area contributed by atoms with Crippen LogP contribution in [0.15, 0.2) is 60.8 Å². The van der Waals surface area contributed by atoms with Gasteiger partial charge in [-0.15, -0.1) is 0 Å². The van der Waals surface area contributed by atoms with Crippen LogP contribution in [0.5, 0.6) is 0 Å². The Morgan fingerprint density at radius 1 is 0.418 bits per heavy atom. The van der Waals surface area contributed by atoms with E-state index in [-0.39, 0.29) is 12.8 Å². The third kappa shape index (κ3) is 49.9. The van der Waals surface area contributed by atoms with Gasteiger partial charge in [-0.25, -0.2) is 4.57 Å². The topological polar surface area (TPSA) is 149 Å². The van der Waals surface area contributed by atoms with E-state index in [1.807, 2.05) is 0 Å². The molecule has 0 radical (unpaired) electrons. The molecule has 3 unspecified atom stereocenters. The lowest BCUT2D eigenvalue weighted by atomic mass is 10.0. The summed E-state index contributed by atoms with van der Waals surface area (Å²) in [5, 5.41) is 19.3. The van der Waals surface area contributed by atoms with Crippen molar-refractivity contribution in [2.45, 2.75) is 257 Å². The first-order valence-electron chi connectivity index (χ1n) is 27.2. The molecule has 0 aliphatic carbocycles. The average Bonchev–Trinajstić information content (AvgIpc) is 3.32. The molecule has 0 bridgehead atoms. The average molecular weight is 965 g/mol. The molecule has 0 aromatic heterocycles. The Labute approximate surface area is 410 Å². The van der Waals surface area contributed by atoms with Gasteiger partial charge in [-0.2, -0.15) is 0 Å². The van der Waals surface area contributed by atoms with Crippen LogP contribution in [0, 0.1) is 0 Å². The number of rotatable bonds is 51. The largest absolute Gasteiger partial charge is 0.472 e. The van der Waals surface area contributed by atoms with Crippen molar-refractivity contribution in [3.63, 3.8) is 0 Å². The van der Waals surface area contributed by atoms with Gasteiger partial charge < -0.3 is 24.6 Å². The fourth-order valence-electron chi connectivity index (χ4n) is 7.57. The molecule has 0 amide bonds. The van der Waals surface area contributed by atoms with Crippen LogP contribution in [0.25, 0.3) is 0 Å². The summed E-state index contributed by atoms with van der Waals surface area (Å²) in [6.45, 7) is 2.13. The lowest BCUT2D eigenvalue weighted by molar-refractivity contribution is -0.153. The molecule has 10 nitrogen and oxygen atoms in total. The van der Waals surface area contributed by atoms with Gasteiger partial charge in [-0.1, -0.05) is 216 Å². The SMILES string of the molecule is CC/C=C\C/C=C\C/C=C\C/C=C\CCCCCCCCCCCCC(=O)OC(CO)COP(=O)(O)OCC(CO)OC(=O)CCCCCCCCCCC/C=C\CCCCCCCCCC. The predicted octanol–water partition coefficient (Wildman–Crippen LogP) is 15.8. The Bertz CT molecular complexity index is 1290. The molecular formula is C56H101O10P. The first kappa shape index (κ1) is 64.7. The molecule has 0 saturated heterocycles. The van der Waals surface area contributed by atoms with Crippen molar-refractivity contribution in [3.05, 3.63) is 60.8 Å². The highest BCUT2D eigenvalue weighted by molar-refractivity contribution is 7.47. The van der Waals surface area contributed by atoms with E-state index in [0.717, 1.165) is 70.6 Å². The highest BCUT2D eigenvalue weighted by Crippen LogP contribution is 2.43. The van der Waals surface area contributed by atoms with Crippen LogP contribution in [-0.2, 0) is 32.7 Å². The van der Waals surface area contributed by atoms with Crippen LogP contribution < -0.4 is 0 Å². The third-order valence-corrected chi connectivity index (χ3v) is 12.7. The molecule has 3 atom stereocenters. The van der Waals surface area contributed by atoms with E-state index in [9.17, 15) is 29.3 Å². The van der Waals surface area contributed by atoms with Crippen LogP contribution in [0.4, 0.5) is 0 Å². The second-order valence-electron chi connectivity index (χ2n) is 18.2. The lowest BCUT2D eigenvalue weighted by Crippen LogP contribution is -2.28. The summed E-state index contributed by atoms with van der Waals surface area (Å²) in [6.07, 6.45) is 60.5. The normalized spacial score (nSPS) is 14.0. The van der Waals surface area contributed by atoms with E-state index in [4.69, 9.17) is 18.5 Å². The summed E-state index contributed by atoms with van der Waals surface area (Å²) in [5.41, 5.74) is 0. The number of phosphoric ester groups is 1. The number of allylic oxidation sites excluding steroid dienone is 10. The lowest BCUT2D eigenvalue weighted by Gasteiger charge is -2.20. The second kappa shape index (κ2) is 51.5. The Morgan fingerprint density at radius 2 is 0.701 bits per heavy atom. The van der Waals surface area contributed by atoms with Gasteiger partial charge in [0.05, 0.1) is 26.4 Å². The monoisotopic (exact) mass is 965 g/mol. The maximum Gasteiger partial charge on any atom is 0.472 e. The van der Waals surface area contributed by atoms with E-state index >= 15 is 0 Å². The minimum absolute atomic E-state index is 0.185. The highest BCUT2D eigenvalue weighted by Gasteiger charge is 2.27. The number of carbonyl (C=O) groups is 2. The summed E-state index contributed by atoms with van der Waals surface area (Å²) in [6, 6.07) is 0. The van der Waals surface area contributed by atoms with E-state index in [2.05, 4.69) is 74.6 Å². The molecule has 3 N–H and O–H groups in total. The standard InChI is InChI=1S/C56H101O10P/c1-3-5-7-9-11-13-15-17-19-21-23-25-26-28-30-32-34-36-38-40-42-44-46-48-56(60)66-54(50-58)52-64-67(61,62)63-51-53(49-57)65-55(59)47-45-43-41-39-37-35-33-31-29-27-24-22-20-18-16-14-12-10-8-6-4-2/h5,7,11,13,17,19,22-25,53-54,57-58H,3-4,6,8-10,12,14-16,18,20-21,26-52H2,1-2H3,(H,61,62)/b7-5-,13-11-,19-17-,24-22-,25-23-. The molecule has 0 spiro atoms. The number of aliphatic hydroxyl groups excluding tert-OH is 2. The summed E-state index contributed by atoms with van der Waals surface area (Å²) in [4.78, 5) is 34.8. The zero-order chi connectivity index (χ0) is 49.0. The minimum atomic E-state index is -4.65. The molecule has 0 saturated carbocycles. The summed E-state index contributed by atoms with van der Waals surface area (Å²) in [7, 11) is -4.65. The molecule has 11 heteroatoms. The maximum absolute atomic E-state index is 12.4. The molecule has 0 rings (SSSR count). The number of esters is 2. The first-order chi connectivity index (χ1) is 32.8. The van der Waals surface area contributed by atoms with E-state index in [1.165, 1.54) is 135 Å². The van der Waals surface area contributed by atoms with Gasteiger partial charge in [0, 0.05) is 12.8 Å². The van der Waals surface area contributed by atoms with E-state index < -0.39 is 58.4 Å². The Hall–Kier alpha value is -2.33. The molecule has 0 aliphatic heterocycles. The number of hydrogen-bond acceptors (Lipinski definition) is 9. The van der Waals surface area contributed by atoms with Crippen molar-refractivity contribution in [1.82, 2.24) is 0 Å². The van der Waals surface area contributed by atoms with Crippen LogP contribution in [0.3, 0.4) is 0 Å². The molecule has 0 heterocycles. The van der Waals surface area contributed by atoms with Gasteiger partial charge in [0.2, 0.25) is 0 Å². The minimum Gasteiger partial charge on any atom is -0.457 e. The molecule has 67 heavy (non-hydrogen) atoms. The van der Waals surface area contributed by atoms with Gasteiger partial charge in [0.1, 0.15) is 12.2 Å². The second-order valence-corrected chi connectivity index (χ2v) is 19.6. The summed E-state index contributed by atoms with van der Waals surface area (Å²) >= 11 is 0. The zero-order valence-electron chi connectivity index (χ0n) is 42.9. The Kier molecular flexibility index (Phi) is 49.7. The number of unbranched alkanes of at least 4 members (excludes halogenated alkanes) is 27. The van der Waals surface area contributed by atoms with Crippen molar-refractivity contribution in [2.75, 3.05) is 26.4 Å². The third-order valence-electron chi connectivity index (χ3n) is 11.7. The number of carbonyl (C=O) groups excluding carboxylic acids is 2. The molecule has 0 aromatic rings. The summed E-state index contributed by atoms with van der Waals surface area (Å²) in [5.74, 6) is -1.02. The smallest absolute Gasteiger partial charge is 0.457 e. The summed E-state index contributed by atoms with van der Waals surface area (Å²) < 4.78 is 32.8. The number of phosphoric acid groups is 1. The molecular weight excluding hydrogens is 864 g/mol. The number of hydrogen-bond donors (Lipinski definition) is 3. The van der Waals surface area contributed by atoms with Crippen molar-refractivity contribution in [1.29, 1.82) is 0 Å². The predicted molar refractivity (Wildman–Crippen MR) is 279 cm³/mol. The van der Waals surface area contributed by atoms with Crippen LogP contribution >= 0.6 is 7.82 Å². The van der Waals surface area contributed by atoms with Crippen molar-refractivity contribution >= 4 is 19.8 Å². The quantitative estimate of drug-likeness (QED) is 0.0233.